The maximum absolute atomic E-state index is 13.8. The Morgan fingerprint density at radius 2 is 2.03 bits per heavy atom. The molecule has 0 unspecified atom stereocenters. The van der Waals surface area contributed by atoms with Gasteiger partial charge < -0.3 is 10.2 Å². The molecule has 2 saturated carbocycles. The van der Waals surface area contributed by atoms with E-state index in [0.29, 0.717) is 35.1 Å². The van der Waals surface area contributed by atoms with Gasteiger partial charge in [-0.25, -0.2) is 0 Å². The molecule has 2 atom stereocenters. The van der Waals surface area contributed by atoms with E-state index in [2.05, 4.69) is 42.9 Å². The van der Waals surface area contributed by atoms with Crippen LogP contribution in [0, 0.1) is 11.8 Å². The first kappa shape index (κ1) is 26.1. The van der Waals surface area contributed by atoms with Crippen LogP contribution in [0.25, 0.3) is 11.4 Å². The normalized spacial score (nSPS) is 20.7. The number of rotatable bonds is 8. The molecule has 2 aliphatic carbocycles. The highest BCUT2D eigenvalue weighted by Crippen LogP contribution is 2.49. The van der Waals surface area contributed by atoms with Crippen molar-refractivity contribution in [2.24, 2.45) is 11.8 Å². The Hall–Kier alpha value is -3.15. The number of hydrogen-bond donors (Lipinski definition) is 2. The molecule has 2 aromatic heterocycles. The molecule has 3 heterocycles. The number of hydrogen-bond acceptors (Lipinski definition) is 6. The summed E-state index contributed by atoms with van der Waals surface area (Å²) in [6.45, 7) is 4.08. The van der Waals surface area contributed by atoms with Crippen molar-refractivity contribution < 1.29 is 18.0 Å². The zero-order chi connectivity index (χ0) is 27.3. The number of aromatic amines is 1. The van der Waals surface area contributed by atoms with Crippen molar-refractivity contribution in [1.29, 1.82) is 0 Å². The van der Waals surface area contributed by atoms with E-state index in [1.807, 2.05) is 12.1 Å². The first-order valence-corrected chi connectivity index (χ1v) is 13.9. The van der Waals surface area contributed by atoms with Gasteiger partial charge in [0.05, 0.1) is 16.4 Å². The van der Waals surface area contributed by atoms with Crippen molar-refractivity contribution in [2.75, 3.05) is 23.3 Å². The Morgan fingerprint density at radius 1 is 1.23 bits per heavy atom. The molecule has 6 rings (SSSR count). The third kappa shape index (κ3) is 5.48. The van der Waals surface area contributed by atoms with E-state index < -0.39 is 28.8 Å². The van der Waals surface area contributed by atoms with Gasteiger partial charge in [-0.15, -0.1) is 10.2 Å². The van der Waals surface area contributed by atoms with Crippen LogP contribution in [0.4, 0.5) is 24.5 Å². The maximum Gasteiger partial charge on any atom is 0.436 e. The lowest BCUT2D eigenvalue weighted by Gasteiger charge is -2.33. The minimum Gasteiger partial charge on any atom is -0.371 e. The monoisotopic (exact) mass is 562 g/mol. The van der Waals surface area contributed by atoms with E-state index in [1.54, 1.807) is 6.07 Å². The summed E-state index contributed by atoms with van der Waals surface area (Å²) in [4.78, 5) is 16.1. The molecule has 13 heteroatoms. The Balaban J connectivity index is 1.34. The number of H-pyrrole nitrogens is 1. The molecule has 1 saturated heterocycles. The van der Waals surface area contributed by atoms with Crippen LogP contribution in [0.1, 0.15) is 75.2 Å². The van der Waals surface area contributed by atoms with Gasteiger partial charge in [0.25, 0.3) is 0 Å². The van der Waals surface area contributed by atoms with Crippen LogP contribution in [0.3, 0.4) is 0 Å². The van der Waals surface area contributed by atoms with Crippen LogP contribution in [-0.2, 0) is 11.0 Å². The standard InChI is InChI=1S/C26H30ClF3N8O/c1-14-3-2-10-37(13-14)17-8-9-19(18(12-17)24-32-35-36-33-24)31-25(39)20(11-15-4-5-15)38-22(16-6-7-16)21(27)23(34-38)26(28,29)30/h8-9,12,14-16,20H,2-7,10-11,13H2,1H3,(H,31,39)(H,32,33,35,36)/t14-,20+/m1/s1. The average molecular weight is 563 g/mol. The molecule has 39 heavy (non-hydrogen) atoms. The van der Waals surface area contributed by atoms with Gasteiger partial charge in [0.1, 0.15) is 6.04 Å². The van der Waals surface area contributed by atoms with Gasteiger partial charge in [0.15, 0.2) is 5.69 Å². The van der Waals surface area contributed by atoms with Crippen molar-refractivity contribution in [3.63, 3.8) is 0 Å². The molecule has 3 aliphatic rings. The molecule has 0 radical (unpaired) electrons. The topological polar surface area (TPSA) is 105 Å². The van der Waals surface area contributed by atoms with Crippen molar-refractivity contribution in [3.8, 4) is 11.4 Å². The van der Waals surface area contributed by atoms with Gasteiger partial charge in [-0.05, 0) is 67.4 Å². The summed E-state index contributed by atoms with van der Waals surface area (Å²) in [6.07, 6.45) is 1.26. The first-order chi connectivity index (χ1) is 18.7. The smallest absolute Gasteiger partial charge is 0.371 e. The van der Waals surface area contributed by atoms with Gasteiger partial charge in [0, 0.05) is 30.3 Å². The second-order valence-corrected chi connectivity index (χ2v) is 11.5. The van der Waals surface area contributed by atoms with Crippen molar-refractivity contribution in [1.82, 2.24) is 30.4 Å². The van der Waals surface area contributed by atoms with Crippen LogP contribution >= 0.6 is 11.6 Å². The third-order valence-corrected chi connectivity index (χ3v) is 8.21. The van der Waals surface area contributed by atoms with Gasteiger partial charge >= 0.3 is 6.18 Å². The number of piperidine rings is 1. The highest BCUT2D eigenvalue weighted by Gasteiger charge is 2.44. The van der Waals surface area contributed by atoms with Crippen molar-refractivity contribution in [3.05, 3.63) is 34.6 Å². The second-order valence-electron chi connectivity index (χ2n) is 11.1. The molecule has 0 bridgehead atoms. The van der Waals surface area contributed by atoms with Crippen LogP contribution in [0.15, 0.2) is 18.2 Å². The number of nitrogens with zero attached hydrogens (tertiary/aromatic N) is 6. The summed E-state index contributed by atoms with van der Waals surface area (Å²) in [5.41, 5.74) is 1.19. The minimum atomic E-state index is -4.71. The highest BCUT2D eigenvalue weighted by molar-refractivity contribution is 6.32. The van der Waals surface area contributed by atoms with E-state index in [-0.39, 0.29) is 11.8 Å². The number of carbonyl (C=O) groups is 1. The number of amides is 1. The van der Waals surface area contributed by atoms with E-state index in [1.165, 1.54) is 11.1 Å². The lowest BCUT2D eigenvalue weighted by Crippen LogP contribution is -2.34. The molecule has 3 aromatic rings. The van der Waals surface area contributed by atoms with Crippen molar-refractivity contribution in [2.45, 2.75) is 70.0 Å². The van der Waals surface area contributed by atoms with E-state index in [9.17, 15) is 18.0 Å². The van der Waals surface area contributed by atoms with Gasteiger partial charge in [0.2, 0.25) is 11.7 Å². The number of aromatic nitrogens is 6. The fraction of sp³-hybridized carbons (Fsp3) is 0.577. The lowest BCUT2D eigenvalue weighted by atomic mass is 9.99. The summed E-state index contributed by atoms with van der Waals surface area (Å²) >= 11 is 6.24. The zero-order valence-corrected chi connectivity index (χ0v) is 22.3. The highest BCUT2D eigenvalue weighted by atomic mass is 35.5. The number of alkyl halides is 3. The summed E-state index contributed by atoms with van der Waals surface area (Å²) in [5, 5.41) is 20.8. The Bertz CT molecular complexity index is 1350. The van der Waals surface area contributed by atoms with Gasteiger partial charge in [-0.2, -0.15) is 23.5 Å². The quantitative estimate of drug-likeness (QED) is 0.358. The Labute approximate surface area is 228 Å². The van der Waals surface area contributed by atoms with E-state index in [4.69, 9.17) is 11.6 Å². The molecule has 208 valence electrons. The van der Waals surface area contributed by atoms with Crippen LogP contribution < -0.4 is 10.2 Å². The zero-order valence-electron chi connectivity index (χ0n) is 21.5. The largest absolute Gasteiger partial charge is 0.436 e. The van der Waals surface area contributed by atoms with Crippen LogP contribution in [-0.4, -0.2) is 49.4 Å². The molecule has 0 spiro atoms. The van der Waals surface area contributed by atoms with Crippen LogP contribution in [0.5, 0.6) is 0 Å². The molecule has 1 aliphatic heterocycles. The summed E-state index contributed by atoms with van der Waals surface area (Å²) in [7, 11) is 0. The number of tetrazole rings is 1. The molecular weight excluding hydrogens is 533 g/mol. The molecule has 3 fully saturated rings. The summed E-state index contributed by atoms with van der Waals surface area (Å²) < 4.78 is 42.5. The Morgan fingerprint density at radius 3 is 2.67 bits per heavy atom. The van der Waals surface area contributed by atoms with Gasteiger partial charge in [-0.1, -0.05) is 31.4 Å². The minimum absolute atomic E-state index is 0.128. The molecule has 2 N–H and O–H groups in total. The number of halogens is 4. The second kappa shape index (κ2) is 10.1. The van der Waals surface area contributed by atoms with Gasteiger partial charge in [-0.3, -0.25) is 9.48 Å². The molecule has 1 amide bonds. The SMILES string of the molecule is C[C@@H]1CCCN(c2ccc(NC(=O)[C@H](CC3CC3)n3nc(C(F)(F)F)c(Cl)c3C3CC3)c(-c3nn[nH]n3)c2)C1. The fourth-order valence-corrected chi connectivity index (χ4v) is 5.88. The number of anilines is 2. The molecular formula is C26H30ClF3N8O. The van der Waals surface area contributed by atoms with E-state index in [0.717, 1.165) is 50.9 Å². The predicted octanol–water partition coefficient (Wildman–Crippen LogP) is 5.83. The van der Waals surface area contributed by atoms with E-state index >= 15 is 0 Å². The predicted molar refractivity (Wildman–Crippen MR) is 139 cm³/mol. The first-order valence-electron chi connectivity index (χ1n) is 13.5. The summed E-state index contributed by atoms with van der Waals surface area (Å²) in [6, 6.07) is 4.74. The van der Waals surface area contributed by atoms with Crippen molar-refractivity contribution >= 4 is 28.9 Å². The maximum atomic E-state index is 13.8. The molecule has 1 aromatic carbocycles. The third-order valence-electron chi connectivity index (χ3n) is 7.84. The molecule has 9 nitrogen and oxygen atoms in total. The average Bonchev–Trinajstić information content (AvgIpc) is 3.82. The number of benzene rings is 1. The number of nitrogens with one attached hydrogen (secondary N) is 2. The number of carbonyl (C=O) groups excluding carboxylic acids is 1. The fourth-order valence-electron chi connectivity index (χ4n) is 5.50. The van der Waals surface area contributed by atoms with Crippen LogP contribution in [0.2, 0.25) is 5.02 Å². The lowest BCUT2D eigenvalue weighted by molar-refractivity contribution is -0.141. The summed E-state index contributed by atoms with van der Waals surface area (Å²) in [5.74, 6) is 0.567. The Kier molecular flexibility index (Phi) is 6.76.